The molecular weight excluding hydrogens is 264 g/mol. The molecule has 0 aliphatic carbocycles. The molecule has 2 rings (SSSR count). The predicted molar refractivity (Wildman–Crippen MR) is 85.0 cm³/mol. The van der Waals surface area contributed by atoms with Crippen molar-refractivity contribution in [1.29, 1.82) is 0 Å². The van der Waals surface area contributed by atoms with E-state index in [0.29, 0.717) is 6.54 Å². The van der Waals surface area contributed by atoms with Crippen molar-refractivity contribution in [1.82, 2.24) is 25.0 Å². The van der Waals surface area contributed by atoms with Crippen LogP contribution < -0.4 is 5.32 Å². The van der Waals surface area contributed by atoms with E-state index in [-0.39, 0.29) is 0 Å². The number of guanidine groups is 1. The number of rotatable bonds is 5. The Morgan fingerprint density at radius 2 is 2.24 bits per heavy atom. The van der Waals surface area contributed by atoms with E-state index < -0.39 is 0 Å². The number of hydrogen-bond donors (Lipinski definition) is 1. The molecule has 21 heavy (non-hydrogen) atoms. The number of aliphatic imine (C=N–C) groups is 1. The quantitative estimate of drug-likeness (QED) is 0.662. The van der Waals surface area contributed by atoms with Gasteiger partial charge in [-0.15, -0.1) is 10.2 Å². The molecule has 0 bridgehead atoms. The molecule has 1 atom stereocenters. The fourth-order valence-electron chi connectivity index (χ4n) is 3.28. The highest BCUT2D eigenvalue weighted by molar-refractivity contribution is 5.80. The highest BCUT2D eigenvalue weighted by Gasteiger charge is 2.29. The normalized spacial score (nSPS) is 19.6. The molecule has 0 radical (unpaired) electrons. The summed E-state index contributed by atoms with van der Waals surface area (Å²) in [6.07, 6.45) is 5.55. The van der Waals surface area contributed by atoms with Crippen LogP contribution in [0.1, 0.15) is 38.9 Å². The molecule has 1 aliphatic heterocycles. The maximum Gasteiger partial charge on any atom is 0.194 e. The average molecular weight is 292 g/mol. The van der Waals surface area contributed by atoms with Gasteiger partial charge in [-0.05, 0) is 18.3 Å². The van der Waals surface area contributed by atoms with Crippen LogP contribution >= 0.6 is 0 Å². The van der Waals surface area contributed by atoms with Crippen LogP contribution in [0.25, 0.3) is 0 Å². The van der Waals surface area contributed by atoms with Crippen LogP contribution in [0.4, 0.5) is 0 Å². The van der Waals surface area contributed by atoms with Gasteiger partial charge in [-0.2, -0.15) is 0 Å². The lowest BCUT2D eigenvalue weighted by Crippen LogP contribution is -2.40. The monoisotopic (exact) mass is 292 g/mol. The van der Waals surface area contributed by atoms with Gasteiger partial charge in [-0.3, -0.25) is 4.99 Å². The maximum absolute atomic E-state index is 4.42. The first-order valence-electron chi connectivity index (χ1n) is 7.98. The van der Waals surface area contributed by atoms with Gasteiger partial charge in [-0.1, -0.05) is 26.7 Å². The van der Waals surface area contributed by atoms with E-state index in [0.717, 1.165) is 36.7 Å². The number of nitrogens with zero attached hydrogens (tertiary/aromatic N) is 5. The first-order chi connectivity index (χ1) is 10.2. The van der Waals surface area contributed by atoms with Crippen LogP contribution in [0.5, 0.6) is 0 Å². The summed E-state index contributed by atoms with van der Waals surface area (Å²) in [7, 11) is 3.81. The molecule has 1 unspecified atom stereocenters. The molecule has 1 aromatic rings. The molecule has 2 heterocycles. The van der Waals surface area contributed by atoms with Crippen molar-refractivity contribution in [2.24, 2.45) is 23.9 Å². The molecule has 6 nitrogen and oxygen atoms in total. The standard InChI is InChI=1S/C15H28N6/c1-5-12(6-2)13-7-8-21(10-13)15(16-3)17-9-14-19-18-11-20(14)4/h11-13H,5-10H2,1-4H3,(H,16,17). The van der Waals surface area contributed by atoms with Gasteiger partial charge in [0.2, 0.25) is 0 Å². The summed E-state index contributed by atoms with van der Waals surface area (Å²) in [5.74, 6) is 3.54. The van der Waals surface area contributed by atoms with Gasteiger partial charge >= 0.3 is 0 Å². The number of aromatic nitrogens is 3. The van der Waals surface area contributed by atoms with E-state index >= 15 is 0 Å². The van der Waals surface area contributed by atoms with E-state index in [1.165, 1.54) is 19.3 Å². The molecule has 0 aromatic carbocycles. The van der Waals surface area contributed by atoms with Gasteiger partial charge in [-0.25, -0.2) is 0 Å². The Morgan fingerprint density at radius 3 is 2.81 bits per heavy atom. The second-order valence-electron chi connectivity index (χ2n) is 5.83. The van der Waals surface area contributed by atoms with Crippen molar-refractivity contribution in [3.8, 4) is 0 Å². The summed E-state index contributed by atoms with van der Waals surface area (Å²) >= 11 is 0. The van der Waals surface area contributed by atoms with Crippen LogP contribution in [0.3, 0.4) is 0 Å². The minimum Gasteiger partial charge on any atom is -0.349 e. The highest BCUT2D eigenvalue weighted by atomic mass is 15.3. The number of nitrogens with one attached hydrogen (secondary N) is 1. The van der Waals surface area contributed by atoms with Crippen molar-refractivity contribution >= 4 is 5.96 Å². The maximum atomic E-state index is 4.42. The zero-order valence-electron chi connectivity index (χ0n) is 13.7. The first kappa shape index (κ1) is 15.8. The smallest absolute Gasteiger partial charge is 0.194 e. The lowest BCUT2D eigenvalue weighted by molar-refractivity contribution is 0.319. The Bertz CT molecular complexity index is 462. The van der Waals surface area contributed by atoms with Crippen molar-refractivity contribution in [2.75, 3.05) is 20.1 Å². The molecule has 0 saturated carbocycles. The molecular formula is C15H28N6. The van der Waals surface area contributed by atoms with Crippen molar-refractivity contribution in [3.63, 3.8) is 0 Å². The topological polar surface area (TPSA) is 58.3 Å². The van der Waals surface area contributed by atoms with Gasteiger partial charge in [0.1, 0.15) is 6.33 Å². The molecule has 0 amide bonds. The molecule has 0 spiro atoms. The Labute approximate surface area is 127 Å². The molecule has 1 saturated heterocycles. The SMILES string of the molecule is CCC(CC)C1CCN(C(=NC)NCc2nncn2C)C1. The molecule has 118 valence electrons. The van der Waals surface area contributed by atoms with Crippen LogP contribution in [-0.4, -0.2) is 45.8 Å². The minimum atomic E-state index is 0.662. The lowest BCUT2D eigenvalue weighted by Gasteiger charge is -2.24. The largest absolute Gasteiger partial charge is 0.349 e. The third-order valence-electron chi connectivity index (χ3n) is 4.66. The summed E-state index contributed by atoms with van der Waals surface area (Å²) in [5.41, 5.74) is 0. The summed E-state index contributed by atoms with van der Waals surface area (Å²) in [4.78, 5) is 6.79. The second kappa shape index (κ2) is 7.43. The van der Waals surface area contributed by atoms with E-state index in [9.17, 15) is 0 Å². The Morgan fingerprint density at radius 1 is 1.48 bits per heavy atom. The predicted octanol–water partition coefficient (Wildman–Crippen LogP) is 1.65. The molecule has 1 aromatic heterocycles. The van der Waals surface area contributed by atoms with E-state index in [4.69, 9.17) is 0 Å². The lowest BCUT2D eigenvalue weighted by atomic mass is 9.87. The second-order valence-corrected chi connectivity index (χ2v) is 5.83. The van der Waals surface area contributed by atoms with Gasteiger partial charge in [0.25, 0.3) is 0 Å². The summed E-state index contributed by atoms with van der Waals surface area (Å²) in [6.45, 7) is 7.48. The van der Waals surface area contributed by atoms with Crippen LogP contribution in [0.2, 0.25) is 0 Å². The first-order valence-corrected chi connectivity index (χ1v) is 7.98. The van der Waals surface area contributed by atoms with Crippen molar-refractivity contribution in [2.45, 2.75) is 39.7 Å². The number of likely N-dealkylation sites (tertiary alicyclic amines) is 1. The fraction of sp³-hybridized carbons (Fsp3) is 0.800. The van der Waals surface area contributed by atoms with Crippen LogP contribution in [-0.2, 0) is 13.6 Å². The third kappa shape index (κ3) is 3.74. The molecule has 1 fully saturated rings. The fourth-order valence-corrected chi connectivity index (χ4v) is 3.28. The van der Waals surface area contributed by atoms with Crippen LogP contribution in [0.15, 0.2) is 11.3 Å². The highest BCUT2D eigenvalue weighted by Crippen LogP contribution is 2.28. The van der Waals surface area contributed by atoms with Gasteiger partial charge < -0.3 is 14.8 Å². The van der Waals surface area contributed by atoms with Crippen LogP contribution in [0, 0.1) is 11.8 Å². The number of aryl methyl sites for hydroxylation is 1. The Kier molecular flexibility index (Phi) is 5.59. The third-order valence-corrected chi connectivity index (χ3v) is 4.66. The summed E-state index contributed by atoms with van der Waals surface area (Å²) < 4.78 is 1.93. The average Bonchev–Trinajstić information content (AvgIpc) is 3.11. The minimum absolute atomic E-state index is 0.662. The van der Waals surface area contributed by atoms with Crippen molar-refractivity contribution < 1.29 is 0 Å². The summed E-state index contributed by atoms with van der Waals surface area (Å²) in [6, 6.07) is 0. The van der Waals surface area contributed by atoms with Crippen molar-refractivity contribution in [3.05, 3.63) is 12.2 Å². The zero-order chi connectivity index (χ0) is 15.2. The van der Waals surface area contributed by atoms with E-state index in [1.807, 2.05) is 18.7 Å². The zero-order valence-corrected chi connectivity index (χ0v) is 13.7. The van der Waals surface area contributed by atoms with E-state index in [1.54, 1.807) is 6.33 Å². The Hall–Kier alpha value is -1.59. The van der Waals surface area contributed by atoms with E-state index in [2.05, 4.69) is 39.3 Å². The molecule has 6 heteroatoms. The molecule has 1 N–H and O–H groups in total. The molecule has 1 aliphatic rings. The van der Waals surface area contributed by atoms with Gasteiger partial charge in [0.15, 0.2) is 11.8 Å². The Balaban J connectivity index is 1.89. The number of hydrogen-bond acceptors (Lipinski definition) is 3. The van der Waals surface area contributed by atoms with Gasteiger partial charge in [0.05, 0.1) is 6.54 Å². The van der Waals surface area contributed by atoms with Gasteiger partial charge in [0, 0.05) is 27.2 Å². The summed E-state index contributed by atoms with van der Waals surface area (Å²) in [5, 5.41) is 11.4.